The molecule has 0 radical (unpaired) electrons. The number of hydrogen-bond acceptors (Lipinski definition) is 4. The summed E-state index contributed by atoms with van der Waals surface area (Å²) in [6.45, 7) is 0. The van der Waals surface area contributed by atoms with Gasteiger partial charge in [0.05, 0.1) is 13.3 Å². The van der Waals surface area contributed by atoms with Crippen molar-refractivity contribution < 1.29 is 9.47 Å². The van der Waals surface area contributed by atoms with E-state index in [0.717, 1.165) is 0 Å². The van der Waals surface area contributed by atoms with Gasteiger partial charge >= 0.3 is 0 Å². The number of benzene rings is 1. The van der Waals surface area contributed by atoms with Crippen LogP contribution in [0.15, 0.2) is 30.5 Å². The maximum absolute atomic E-state index is 5.88. The molecule has 0 N–H and O–H groups in total. The van der Waals surface area contributed by atoms with Crippen LogP contribution in [-0.4, -0.2) is 17.1 Å². The maximum Gasteiger partial charge on any atom is 0.242 e. The van der Waals surface area contributed by atoms with Crippen molar-refractivity contribution in [3.63, 3.8) is 0 Å². The Balaban J connectivity index is 2.27. The molecule has 0 aliphatic carbocycles. The van der Waals surface area contributed by atoms with Crippen molar-refractivity contribution in [1.29, 1.82) is 0 Å². The Morgan fingerprint density at radius 2 is 1.94 bits per heavy atom. The van der Waals surface area contributed by atoms with Crippen LogP contribution in [0, 0.1) is 0 Å². The molecule has 2 aromatic rings. The number of halogens is 2. The van der Waals surface area contributed by atoms with Crippen LogP contribution in [0.3, 0.4) is 0 Å². The summed E-state index contributed by atoms with van der Waals surface area (Å²) in [5, 5.41) is 0.365. The van der Waals surface area contributed by atoms with E-state index in [4.69, 9.17) is 32.7 Å². The van der Waals surface area contributed by atoms with Crippen LogP contribution in [0.4, 0.5) is 0 Å². The highest BCUT2D eigenvalue weighted by Crippen LogP contribution is 2.29. The van der Waals surface area contributed by atoms with Gasteiger partial charge in [0.1, 0.15) is 16.5 Å². The van der Waals surface area contributed by atoms with Crippen molar-refractivity contribution in [1.82, 2.24) is 9.97 Å². The van der Waals surface area contributed by atoms with Gasteiger partial charge in [-0.05, 0) is 23.7 Å². The van der Waals surface area contributed by atoms with E-state index in [9.17, 15) is 0 Å². The van der Waals surface area contributed by atoms with E-state index >= 15 is 0 Å². The molecule has 0 amide bonds. The van der Waals surface area contributed by atoms with Gasteiger partial charge in [0.25, 0.3) is 0 Å². The minimum absolute atomic E-state index is 0.0762. The molecule has 88 valence electrons. The summed E-state index contributed by atoms with van der Waals surface area (Å²) in [6, 6.07) is 7.08. The van der Waals surface area contributed by atoms with Gasteiger partial charge in [0, 0.05) is 6.07 Å². The van der Waals surface area contributed by atoms with Crippen LogP contribution in [0.5, 0.6) is 17.4 Å². The number of nitrogens with zero attached hydrogens (tertiary/aromatic N) is 2. The maximum atomic E-state index is 5.88. The molecule has 17 heavy (non-hydrogen) atoms. The molecule has 1 aromatic heterocycles. The molecule has 0 saturated carbocycles. The van der Waals surface area contributed by atoms with Crippen molar-refractivity contribution in [2.24, 2.45) is 0 Å². The second-order valence-electron chi connectivity index (χ2n) is 3.07. The van der Waals surface area contributed by atoms with Crippen LogP contribution in [0.2, 0.25) is 10.3 Å². The van der Waals surface area contributed by atoms with Crippen LogP contribution in [0.1, 0.15) is 0 Å². The Morgan fingerprint density at radius 3 is 2.71 bits per heavy atom. The fourth-order valence-electron chi connectivity index (χ4n) is 1.18. The van der Waals surface area contributed by atoms with Crippen LogP contribution < -0.4 is 9.47 Å². The third kappa shape index (κ3) is 2.99. The summed E-state index contributed by atoms with van der Waals surface area (Å²) in [4.78, 5) is 7.62. The van der Waals surface area contributed by atoms with Gasteiger partial charge in [0.2, 0.25) is 11.2 Å². The van der Waals surface area contributed by atoms with Gasteiger partial charge in [-0.2, -0.15) is 4.98 Å². The summed E-state index contributed by atoms with van der Waals surface area (Å²) < 4.78 is 10.6. The lowest BCUT2D eigenvalue weighted by atomic mass is 10.3. The fourth-order valence-corrected chi connectivity index (χ4v) is 1.43. The first-order valence-electron chi connectivity index (χ1n) is 4.69. The highest BCUT2D eigenvalue weighted by Gasteiger charge is 2.07. The van der Waals surface area contributed by atoms with Crippen LogP contribution >= 0.6 is 23.2 Å². The fraction of sp³-hybridized carbons (Fsp3) is 0.0909. The average Bonchev–Trinajstić information content (AvgIpc) is 2.34. The molecule has 1 aromatic carbocycles. The zero-order valence-corrected chi connectivity index (χ0v) is 10.4. The molecule has 0 bridgehead atoms. The van der Waals surface area contributed by atoms with E-state index in [2.05, 4.69) is 9.97 Å². The lowest BCUT2D eigenvalue weighted by Gasteiger charge is -2.07. The lowest BCUT2D eigenvalue weighted by molar-refractivity contribution is 0.407. The average molecular weight is 271 g/mol. The predicted molar refractivity (Wildman–Crippen MR) is 65.1 cm³/mol. The molecule has 1 heterocycles. The van der Waals surface area contributed by atoms with Crippen LogP contribution in [-0.2, 0) is 0 Å². The van der Waals surface area contributed by atoms with E-state index in [0.29, 0.717) is 11.5 Å². The molecule has 0 unspecified atom stereocenters. The van der Waals surface area contributed by atoms with Crippen LogP contribution in [0.25, 0.3) is 0 Å². The monoisotopic (exact) mass is 270 g/mol. The van der Waals surface area contributed by atoms with Gasteiger partial charge in [-0.15, -0.1) is 0 Å². The highest BCUT2D eigenvalue weighted by atomic mass is 35.5. The number of ether oxygens (including phenoxy) is 2. The molecule has 0 aliphatic heterocycles. The first-order chi connectivity index (χ1) is 8.19. The van der Waals surface area contributed by atoms with Gasteiger partial charge in [-0.1, -0.05) is 17.7 Å². The molecular formula is C11H8Cl2N2O2. The molecule has 0 aliphatic rings. The van der Waals surface area contributed by atoms with E-state index in [-0.39, 0.29) is 16.2 Å². The smallest absolute Gasteiger partial charge is 0.242 e. The van der Waals surface area contributed by atoms with Crippen molar-refractivity contribution in [2.45, 2.75) is 0 Å². The first kappa shape index (κ1) is 12.0. The van der Waals surface area contributed by atoms with Crippen molar-refractivity contribution in [3.05, 3.63) is 40.8 Å². The van der Waals surface area contributed by atoms with Crippen molar-refractivity contribution >= 4 is 23.2 Å². The zero-order chi connectivity index (χ0) is 12.3. The van der Waals surface area contributed by atoms with E-state index in [1.807, 2.05) is 0 Å². The summed E-state index contributed by atoms with van der Waals surface area (Å²) >= 11 is 11.5. The number of methoxy groups -OCH3 is 1. The minimum Gasteiger partial charge on any atom is -0.497 e. The van der Waals surface area contributed by atoms with Gasteiger partial charge in [-0.3, -0.25) is 0 Å². The first-order valence-corrected chi connectivity index (χ1v) is 5.44. The quantitative estimate of drug-likeness (QED) is 0.800. The third-order valence-corrected chi connectivity index (χ3v) is 2.38. The summed E-state index contributed by atoms with van der Waals surface area (Å²) in [5.74, 6) is 1.44. The predicted octanol–water partition coefficient (Wildman–Crippen LogP) is 3.58. The molecular weight excluding hydrogens is 263 g/mol. The largest absolute Gasteiger partial charge is 0.497 e. The van der Waals surface area contributed by atoms with Gasteiger partial charge < -0.3 is 9.47 Å². The second kappa shape index (κ2) is 5.21. The van der Waals surface area contributed by atoms with E-state index < -0.39 is 0 Å². The normalized spacial score (nSPS) is 10.1. The van der Waals surface area contributed by atoms with Crippen molar-refractivity contribution in [2.75, 3.05) is 7.11 Å². The Bertz CT molecular complexity index is 535. The van der Waals surface area contributed by atoms with E-state index in [1.165, 1.54) is 6.20 Å². The van der Waals surface area contributed by atoms with Gasteiger partial charge in [0.15, 0.2) is 0 Å². The molecule has 2 rings (SSSR count). The Kier molecular flexibility index (Phi) is 3.66. The summed E-state index contributed by atoms with van der Waals surface area (Å²) in [5.41, 5.74) is 0. The Morgan fingerprint density at radius 1 is 1.18 bits per heavy atom. The standard InChI is InChI=1S/C11H8Cl2N2O2/c1-16-7-3-2-4-8(5-7)17-10-9(12)6-14-11(13)15-10/h2-6H,1H3. The highest BCUT2D eigenvalue weighted by molar-refractivity contribution is 6.32. The molecule has 6 heteroatoms. The lowest BCUT2D eigenvalue weighted by Crippen LogP contribution is -1.92. The molecule has 4 nitrogen and oxygen atoms in total. The number of aromatic nitrogens is 2. The number of rotatable bonds is 3. The molecule has 0 spiro atoms. The van der Waals surface area contributed by atoms with Crippen molar-refractivity contribution in [3.8, 4) is 17.4 Å². The third-order valence-electron chi connectivity index (χ3n) is 1.94. The molecule has 0 atom stereocenters. The second-order valence-corrected chi connectivity index (χ2v) is 3.82. The van der Waals surface area contributed by atoms with Gasteiger partial charge in [-0.25, -0.2) is 4.98 Å². The zero-order valence-electron chi connectivity index (χ0n) is 8.85. The van der Waals surface area contributed by atoms with E-state index in [1.54, 1.807) is 31.4 Å². The SMILES string of the molecule is COc1cccc(Oc2nc(Cl)ncc2Cl)c1. The Hall–Kier alpha value is -1.52. The summed E-state index contributed by atoms with van der Waals surface area (Å²) in [7, 11) is 1.58. The number of hydrogen-bond donors (Lipinski definition) is 0. The Labute approximate surface area is 108 Å². The summed E-state index contributed by atoms with van der Waals surface area (Å²) in [6.07, 6.45) is 1.38. The topological polar surface area (TPSA) is 44.2 Å². The molecule has 0 fully saturated rings. The molecule has 0 saturated heterocycles. The minimum atomic E-state index is 0.0762.